The van der Waals surface area contributed by atoms with Crippen LogP contribution in [-0.2, 0) is 6.42 Å². The van der Waals surface area contributed by atoms with Gasteiger partial charge < -0.3 is 10.5 Å². The second kappa shape index (κ2) is 5.79. The van der Waals surface area contributed by atoms with E-state index in [1.807, 2.05) is 24.3 Å². The lowest BCUT2D eigenvalue weighted by atomic mass is 10.1. The van der Waals surface area contributed by atoms with Gasteiger partial charge in [-0.05, 0) is 24.1 Å². The van der Waals surface area contributed by atoms with Crippen LogP contribution in [0.15, 0.2) is 18.2 Å². The van der Waals surface area contributed by atoms with Crippen molar-refractivity contribution in [1.82, 2.24) is 0 Å². The second-order valence-corrected chi connectivity index (χ2v) is 3.62. The Kier molecular flexibility index (Phi) is 4.66. The first-order chi connectivity index (χ1) is 7.22. The van der Waals surface area contributed by atoms with Crippen LogP contribution in [0.1, 0.15) is 18.1 Å². The van der Waals surface area contributed by atoms with Crippen molar-refractivity contribution >= 4 is 17.7 Å². The SMILES string of the molecule is CCc1cc(Cl)cc(/C=C/CN)c1OC. The molecule has 0 amide bonds. The fraction of sp³-hybridized carbons (Fsp3) is 0.333. The molecule has 1 aromatic carbocycles. The maximum atomic E-state index is 6.02. The molecule has 0 aliphatic carbocycles. The fourth-order valence-corrected chi connectivity index (χ4v) is 1.75. The highest BCUT2D eigenvalue weighted by Crippen LogP contribution is 2.29. The Morgan fingerprint density at radius 1 is 1.47 bits per heavy atom. The Labute approximate surface area is 95.7 Å². The molecule has 0 unspecified atom stereocenters. The predicted octanol–water partition coefficient (Wildman–Crippen LogP) is 2.88. The first kappa shape index (κ1) is 12.1. The minimum atomic E-state index is 0.511. The van der Waals surface area contributed by atoms with Crippen molar-refractivity contribution in [3.63, 3.8) is 0 Å². The van der Waals surface area contributed by atoms with Gasteiger partial charge in [-0.2, -0.15) is 0 Å². The summed E-state index contributed by atoms with van der Waals surface area (Å²) in [5.41, 5.74) is 7.51. The molecule has 0 aliphatic rings. The molecule has 0 radical (unpaired) electrons. The summed E-state index contributed by atoms with van der Waals surface area (Å²) in [6.07, 6.45) is 4.71. The molecule has 3 heteroatoms. The van der Waals surface area contributed by atoms with Gasteiger partial charge in [0.2, 0.25) is 0 Å². The summed E-state index contributed by atoms with van der Waals surface area (Å²) in [5.74, 6) is 0.881. The largest absolute Gasteiger partial charge is 0.496 e. The van der Waals surface area contributed by atoms with Gasteiger partial charge >= 0.3 is 0 Å². The average Bonchev–Trinajstić information content (AvgIpc) is 2.25. The Morgan fingerprint density at radius 2 is 2.20 bits per heavy atom. The van der Waals surface area contributed by atoms with E-state index in [2.05, 4.69) is 6.92 Å². The number of methoxy groups -OCH3 is 1. The zero-order valence-corrected chi connectivity index (χ0v) is 9.84. The van der Waals surface area contributed by atoms with E-state index in [1.54, 1.807) is 7.11 Å². The van der Waals surface area contributed by atoms with Crippen LogP contribution in [-0.4, -0.2) is 13.7 Å². The minimum absolute atomic E-state index is 0.511. The zero-order valence-electron chi connectivity index (χ0n) is 9.09. The van der Waals surface area contributed by atoms with Gasteiger partial charge in [0, 0.05) is 17.1 Å². The third-order valence-corrected chi connectivity index (χ3v) is 2.40. The normalized spacial score (nSPS) is 10.9. The number of aryl methyl sites for hydroxylation is 1. The molecule has 2 N–H and O–H groups in total. The lowest BCUT2D eigenvalue weighted by Crippen LogP contribution is -1.95. The molecule has 1 rings (SSSR count). The van der Waals surface area contributed by atoms with Crippen LogP contribution >= 0.6 is 11.6 Å². The van der Waals surface area contributed by atoms with Crippen LogP contribution in [0.25, 0.3) is 6.08 Å². The first-order valence-corrected chi connectivity index (χ1v) is 5.33. The summed E-state index contributed by atoms with van der Waals surface area (Å²) in [6.45, 7) is 2.59. The van der Waals surface area contributed by atoms with Gasteiger partial charge in [-0.15, -0.1) is 0 Å². The monoisotopic (exact) mass is 225 g/mol. The van der Waals surface area contributed by atoms with Crippen molar-refractivity contribution < 1.29 is 4.74 Å². The molecule has 1 aromatic rings. The van der Waals surface area contributed by atoms with Gasteiger partial charge in [-0.1, -0.05) is 30.7 Å². The number of benzene rings is 1. The molecule has 0 saturated heterocycles. The highest BCUT2D eigenvalue weighted by atomic mass is 35.5. The summed E-state index contributed by atoms with van der Waals surface area (Å²) < 4.78 is 5.37. The minimum Gasteiger partial charge on any atom is -0.496 e. The Bertz CT molecular complexity index is 361. The lowest BCUT2D eigenvalue weighted by Gasteiger charge is -2.10. The molecule has 0 aliphatic heterocycles. The number of nitrogens with two attached hydrogens (primary N) is 1. The summed E-state index contributed by atoms with van der Waals surface area (Å²) >= 11 is 6.02. The van der Waals surface area contributed by atoms with Gasteiger partial charge in [-0.3, -0.25) is 0 Å². The second-order valence-electron chi connectivity index (χ2n) is 3.18. The number of hydrogen-bond donors (Lipinski definition) is 1. The van der Waals surface area contributed by atoms with Crippen molar-refractivity contribution in [2.45, 2.75) is 13.3 Å². The van der Waals surface area contributed by atoms with Crippen LogP contribution in [0, 0.1) is 0 Å². The number of halogens is 1. The maximum absolute atomic E-state index is 6.02. The molecular formula is C12H16ClNO. The van der Waals surface area contributed by atoms with Gasteiger partial charge in [0.05, 0.1) is 7.11 Å². The van der Waals surface area contributed by atoms with Crippen molar-refractivity contribution in [2.24, 2.45) is 5.73 Å². The number of rotatable bonds is 4. The average molecular weight is 226 g/mol. The van der Waals surface area contributed by atoms with Crippen molar-refractivity contribution in [3.8, 4) is 5.75 Å². The molecule has 0 bridgehead atoms. The molecule has 0 saturated carbocycles. The first-order valence-electron chi connectivity index (χ1n) is 4.96. The van der Waals surface area contributed by atoms with Gasteiger partial charge in [0.15, 0.2) is 0 Å². The highest BCUT2D eigenvalue weighted by Gasteiger charge is 2.07. The Balaban J connectivity index is 3.22. The van der Waals surface area contributed by atoms with E-state index >= 15 is 0 Å². The molecule has 0 spiro atoms. The molecule has 2 nitrogen and oxygen atoms in total. The molecule has 82 valence electrons. The Hall–Kier alpha value is -0.990. The standard InChI is InChI=1S/C12H16ClNO/c1-3-9-7-11(13)8-10(5-4-6-14)12(9)15-2/h4-5,7-8H,3,6,14H2,1-2H3/b5-4+. The van der Waals surface area contributed by atoms with Crippen molar-refractivity contribution in [2.75, 3.05) is 13.7 Å². The quantitative estimate of drug-likeness (QED) is 0.855. The van der Waals surface area contributed by atoms with E-state index in [9.17, 15) is 0 Å². The van der Waals surface area contributed by atoms with E-state index in [0.717, 1.165) is 28.3 Å². The van der Waals surface area contributed by atoms with Crippen molar-refractivity contribution in [1.29, 1.82) is 0 Å². The summed E-state index contributed by atoms with van der Waals surface area (Å²) in [7, 11) is 1.67. The molecule has 0 heterocycles. The molecule has 0 fully saturated rings. The molecular weight excluding hydrogens is 210 g/mol. The summed E-state index contributed by atoms with van der Waals surface area (Å²) in [6, 6.07) is 3.81. The van der Waals surface area contributed by atoms with E-state index < -0.39 is 0 Å². The topological polar surface area (TPSA) is 35.2 Å². The summed E-state index contributed by atoms with van der Waals surface area (Å²) in [5, 5.41) is 0.726. The fourth-order valence-electron chi connectivity index (χ4n) is 1.50. The van der Waals surface area contributed by atoms with Crippen LogP contribution in [0.5, 0.6) is 5.75 Å². The maximum Gasteiger partial charge on any atom is 0.129 e. The van der Waals surface area contributed by atoms with E-state index in [-0.39, 0.29) is 0 Å². The van der Waals surface area contributed by atoms with Gasteiger partial charge in [-0.25, -0.2) is 0 Å². The molecule has 0 atom stereocenters. The van der Waals surface area contributed by atoms with Crippen LogP contribution in [0.2, 0.25) is 5.02 Å². The third kappa shape index (κ3) is 2.98. The van der Waals surface area contributed by atoms with E-state index in [1.165, 1.54) is 0 Å². The molecule has 0 aromatic heterocycles. The summed E-state index contributed by atoms with van der Waals surface area (Å²) in [4.78, 5) is 0. The lowest BCUT2D eigenvalue weighted by molar-refractivity contribution is 0.409. The van der Waals surface area contributed by atoms with Crippen LogP contribution in [0.3, 0.4) is 0 Å². The van der Waals surface area contributed by atoms with E-state index in [0.29, 0.717) is 6.54 Å². The zero-order chi connectivity index (χ0) is 11.3. The van der Waals surface area contributed by atoms with Crippen molar-refractivity contribution in [3.05, 3.63) is 34.4 Å². The van der Waals surface area contributed by atoms with Gasteiger partial charge in [0.1, 0.15) is 5.75 Å². The van der Waals surface area contributed by atoms with Crippen LogP contribution in [0.4, 0.5) is 0 Å². The number of ether oxygens (including phenoxy) is 1. The Morgan fingerprint density at radius 3 is 2.73 bits per heavy atom. The predicted molar refractivity (Wildman–Crippen MR) is 65.5 cm³/mol. The molecule has 15 heavy (non-hydrogen) atoms. The van der Waals surface area contributed by atoms with Gasteiger partial charge in [0.25, 0.3) is 0 Å². The van der Waals surface area contributed by atoms with E-state index in [4.69, 9.17) is 22.1 Å². The third-order valence-electron chi connectivity index (χ3n) is 2.18. The number of hydrogen-bond acceptors (Lipinski definition) is 2. The smallest absolute Gasteiger partial charge is 0.129 e. The highest BCUT2D eigenvalue weighted by molar-refractivity contribution is 6.30. The van der Waals surface area contributed by atoms with Crippen LogP contribution < -0.4 is 10.5 Å².